The zero-order valence-corrected chi connectivity index (χ0v) is 14.4. The third kappa shape index (κ3) is 3.14. The fourth-order valence-corrected chi connectivity index (χ4v) is 3.36. The molecular weight excluding hydrogens is 327 g/mol. The molecule has 2 aromatic rings. The quantitative estimate of drug-likeness (QED) is 0.807. The van der Waals surface area contributed by atoms with Crippen molar-refractivity contribution < 1.29 is 22.1 Å². The minimum atomic E-state index is -0.216. The lowest BCUT2D eigenvalue weighted by Gasteiger charge is -2.28. The predicted octanol–water partition coefficient (Wildman–Crippen LogP) is -0.375. The highest BCUT2D eigenvalue weighted by Gasteiger charge is 2.28. The maximum absolute atomic E-state index is 13.5. The molecule has 2 aliphatic rings. The van der Waals surface area contributed by atoms with Crippen molar-refractivity contribution in [3.05, 3.63) is 47.2 Å². The predicted molar refractivity (Wildman–Crippen MR) is 88.7 cm³/mol. The van der Waals surface area contributed by atoms with E-state index in [1.807, 2.05) is 19.1 Å². The third-order valence-corrected chi connectivity index (χ3v) is 4.47. The van der Waals surface area contributed by atoms with Crippen molar-refractivity contribution in [1.82, 2.24) is 9.97 Å². The number of hydrogen-bond acceptors (Lipinski definition) is 3. The van der Waals surface area contributed by atoms with E-state index in [2.05, 4.69) is 15.2 Å². The second-order valence-electron chi connectivity index (χ2n) is 6.20. The van der Waals surface area contributed by atoms with Crippen LogP contribution in [0.15, 0.2) is 24.3 Å². The molecule has 0 bridgehead atoms. The molecule has 0 aliphatic carbocycles. The van der Waals surface area contributed by atoms with E-state index in [9.17, 15) is 4.39 Å². The van der Waals surface area contributed by atoms with Gasteiger partial charge < -0.3 is 17.3 Å². The number of quaternary nitrogens is 1. The van der Waals surface area contributed by atoms with Crippen molar-refractivity contribution in [2.45, 2.75) is 26.2 Å². The van der Waals surface area contributed by atoms with Gasteiger partial charge in [0.2, 0.25) is 5.69 Å². The number of anilines is 1. The first-order chi connectivity index (χ1) is 11.2. The summed E-state index contributed by atoms with van der Waals surface area (Å²) >= 11 is 0. The average Bonchev–Trinajstić information content (AvgIpc) is 2.99. The number of nitrogens with zero attached hydrogens (tertiary/aromatic N) is 3. The van der Waals surface area contributed by atoms with E-state index in [-0.39, 0.29) is 18.2 Å². The SMILES string of the molecule is Cc1nc2c(c(N3CCCCC3)n1)[NH2+]C(c1cccc(F)c1)=C2.[Cl-]. The normalized spacial score (nSPS) is 16.4. The lowest BCUT2D eigenvalue weighted by Crippen LogP contribution is -3.00. The molecule has 3 heterocycles. The Bertz CT molecular complexity index is 785. The van der Waals surface area contributed by atoms with E-state index in [1.54, 1.807) is 12.1 Å². The van der Waals surface area contributed by atoms with E-state index in [1.165, 1.54) is 25.3 Å². The third-order valence-electron chi connectivity index (χ3n) is 4.47. The highest BCUT2D eigenvalue weighted by Crippen LogP contribution is 2.31. The van der Waals surface area contributed by atoms with Crippen molar-refractivity contribution in [3.8, 4) is 0 Å². The Morgan fingerprint density at radius 1 is 1.12 bits per heavy atom. The molecule has 4 nitrogen and oxygen atoms in total. The maximum atomic E-state index is 13.5. The summed E-state index contributed by atoms with van der Waals surface area (Å²) in [4.78, 5) is 11.6. The molecule has 4 rings (SSSR count). The van der Waals surface area contributed by atoms with Crippen molar-refractivity contribution in [2.75, 3.05) is 18.0 Å². The largest absolute Gasteiger partial charge is 1.00 e. The van der Waals surface area contributed by atoms with Crippen LogP contribution in [0.25, 0.3) is 11.8 Å². The number of halogens is 2. The average molecular weight is 347 g/mol. The second-order valence-corrected chi connectivity index (χ2v) is 6.20. The van der Waals surface area contributed by atoms with E-state index < -0.39 is 0 Å². The van der Waals surface area contributed by atoms with Crippen LogP contribution in [0.4, 0.5) is 15.9 Å². The molecule has 1 aromatic carbocycles. The van der Waals surface area contributed by atoms with Crippen LogP contribution in [-0.4, -0.2) is 23.1 Å². The van der Waals surface area contributed by atoms with Gasteiger partial charge in [-0.2, -0.15) is 0 Å². The molecule has 1 fully saturated rings. The van der Waals surface area contributed by atoms with E-state index in [4.69, 9.17) is 4.98 Å². The van der Waals surface area contributed by atoms with Crippen LogP contribution in [0, 0.1) is 12.7 Å². The van der Waals surface area contributed by atoms with Gasteiger partial charge in [-0.1, -0.05) is 6.07 Å². The molecule has 0 atom stereocenters. The molecule has 2 aliphatic heterocycles. The van der Waals surface area contributed by atoms with Gasteiger partial charge in [0.15, 0.2) is 5.82 Å². The maximum Gasteiger partial charge on any atom is 0.203 e. The molecule has 1 aromatic heterocycles. The Labute approximate surface area is 147 Å². The lowest BCUT2D eigenvalue weighted by atomic mass is 10.1. The van der Waals surface area contributed by atoms with Gasteiger partial charge in [-0.25, -0.2) is 14.4 Å². The second kappa shape index (κ2) is 6.87. The summed E-state index contributed by atoms with van der Waals surface area (Å²) in [5.74, 6) is 1.59. The Balaban J connectivity index is 0.00000169. The monoisotopic (exact) mass is 346 g/mol. The van der Waals surface area contributed by atoms with Crippen LogP contribution in [0.1, 0.15) is 36.3 Å². The number of rotatable bonds is 2. The van der Waals surface area contributed by atoms with Gasteiger partial charge in [-0.05, 0) is 44.4 Å². The Hall–Kier alpha value is -1.98. The van der Waals surface area contributed by atoms with Crippen LogP contribution >= 0.6 is 0 Å². The van der Waals surface area contributed by atoms with Crippen LogP contribution in [0.3, 0.4) is 0 Å². The number of nitrogens with two attached hydrogens (primary N) is 1. The molecule has 24 heavy (non-hydrogen) atoms. The summed E-state index contributed by atoms with van der Waals surface area (Å²) in [5, 5.41) is 2.09. The van der Waals surface area contributed by atoms with Gasteiger partial charge in [0.25, 0.3) is 0 Å². The molecule has 0 radical (unpaired) electrons. The number of fused-ring (bicyclic) bond motifs is 1. The number of aromatic nitrogens is 2. The van der Waals surface area contributed by atoms with Gasteiger partial charge in [0.05, 0.1) is 0 Å². The molecule has 2 N–H and O–H groups in total. The topological polar surface area (TPSA) is 45.6 Å². The summed E-state index contributed by atoms with van der Waals surface area (Å²) < 4.78 is 13.5. The van der Waals surface area contributed by atoms with Crippen molar-refractivity contribution in [2.24, 2.45) is 0 Å². The number of hydrogen-bond donors (Lipinski definition) is 1. The highest BCUT2D eigenvalue weighted by atomic mass is 35.5. The zero-order chi connectivity index (χ0) is 15.8. The van der Waals surface area contributed by atoms with Crippen molar-refractivity contribution in [1.29, 1.82) is 0 Å². The van der Waals surface area contributed by atoms with Crippen molar-refractivity contribution >= 4 is 23.3 Å². The van der Waals surface area contributed by atoms with E-state index in [0.717, 1.165) is 47.4 Å². The van der Waals surface area contributed by atoms with Gasteiger partial charge in [0.1, 0.15) is 23.0 Å². The summed E-state index contributed by atoms with van der Waals surface area (Å²) in [6, 6.07) is 6.70. The minimum absolute atomic E-state index is 0. The van der Waals surface area contributed by atoms with Crippen LogP contribution in [0.5, 0.6) is 0 Å². The molecule has 0 saturated carbocycles. The molecule has 6 heteroatoms. The fourth-order valence-electron chi connectivity index (χ4n) is 3.36. The molecule has 1 saturated heterocycles. The lowest BCUT2D eigenvalue weighted by molar-refractivity contribution is -0.464. The van der Waals surface area contributed by atoms with Crippen LogP contribution < -0.4 is 22.6 Å². The standard InChI is InChI=1S/C18H19FN4.ClH/c1-12-20-16-11-15(13-6-5-7-14(19)10-13)22-17(16)18(21-12)23-8-3-2-4-9-23;/h5-7,10-11,22H,2-4,8-9H2,1H3;1H. The first-order valence-corrected chi connectivity index (χ1v) is 8.17. The van der Waals surface area contributed by atoms with E-state index in [0.29, 0.717) is 0 Å². The Kier molecular flexibility index (Phi) is 4.83. The van der Waals surface area contributed by atoms with Crippen molar-refractivity contribution in [3.63, 3.8) is 0 Å². The Morgan fingerprint density at radius 3 is 2.67 bits per heavy atom. The van der Waals surface area contributed by atoms with Gasteiger partial charge in [-0.15, -0.1) is 0 Å². The first kappa shape index (κ1) is 16.9. The smallest absolute Gasteiger partial charge is 0.203 e. The summed E-state index contributed by atoms with van der Waals surface area (Å²) in [7, 11) is 0. The molecule has 126 valence electrons. The fraction of sp³-hybridized carbons (Fsp3) is 0.333. The van der Waals surface area contributed by atoms with Gasteiger partial charge in [-0.3, -0.25) is 5.32 Å². The molecule has 0 unspecified atom stereocenters. The summed E-state index contributed by atoms with van der Waals surface area (Å²) in [6.45, 7) is 4.03. The Morgan fingerprint density at radius 2 is 1.92 bits per heavy atom. The number of benzene rings is 1. The molecule has 0 spiro atoms. The summed E-state index contributed by atoms with van der Waals surface area (Å²) in [5.41, 5.74) is 3.89. The summed E-state index contributed by atoms with van der Waals surface area (Å²) in [6.07, 6.45) is 5.75. The molecule has 0 amide bonds. The minimum Gasteiger partial charge on any atom is -1.00 e. The van der Waals surface area contributed by atoms with Crippen LogP contribution in [-0.2, 0) is 0 Å². The number of aryl methyl sites for hydroxylation is 1. The number of piperidine rings is 1. The van der Waals surface area contributed by atoms with E-state index >= 15 is 0 Å². The zero-order valence-electron chi connectivity index (χ0n) is 13.6. The first-order valence-electron chi connectivity index (χ1n) is 8.17. The molecular formula is C18H20ClFN4. The van der Waals surface area contributed by atoms with Gasteiger partial charge in [0, 0.05) is 24.7 Å². The highest BCUT2D eigenvalue weighted by molar-refractivity contribution is 5.86. The van der Waals surface area contributed by atoms with Gasteiger partial charge >= 0.3 is 0 Å². The van der Waals surface area contributed by atoms with Crippen LogP contribution in [0.2, 0.25) is 0 Å².